The van der Waals surface area contributed by atoms with Gasteiger partial charge in [0.25, 0.3) is 0 Å². The predicted molar refractivity (Wildman–Crippen MR) is 96.4 cm³/mol. The van der Waals surface area contributed by atoms with Gasteiger partial charge in [-0.2, -0.15) is 5.26 Å². The Bertz CT molecular complexity index is 911. The van der Waals surface area contributed by atoms with Gasteiger partial charge in [-0.3, -0.25) is 4.57 Å². The molecule has 0 aliphatic rings. The minimum atomic E-state index is 0.378. The minimum absolute atomic E-state index is 0.378. The van der Waals surface area contributed by atoms with Crippen molar-refractivity contribution in [3.8, 4) is 17.5 Å². The number of allylic oxidation sites excluding steroid dienone is 1. The van der Waals surface area contributed by atoms with Crippen molar-refractivity contribution in [2.75, 3.05) is 0 Å². The van der Waals surface area contributed by atoms with Crippen molar-refractivity contribution >= 4 is 27.7 Å². The second kappa shape index (κ2) is 7.43. The van der Waals surface area contributed by atoms with E-state index in [2.05, 4.69) is 37.7 Å². The summed E-state index contributed by atoms with van der Waals surface area (Å²) < 4.78 is 2.98. The molecule has 0 atom stereocenters. The number of halogens is 1. The Morgan fingerprint density at radius 3 is 2.71 bits per heavy atom. The van der Waals surface area contributed by atoms with Crippen molar-refractivity contribution < 1.29 is 0 Å². The Balaban J connectivity index is 1.98. The van der Waals surface area contributed by atoms with Gasteiger partial charge >= 0.3 is 0 Å². The Morgan fingerprint density at radius 2 is 2.00 bits per heavy atom. The smallest absolute Gasteiger partial charge is 0.198 e. The Kier molecular flexibility index (Phi) is 5.08. The van der Waals surface area contributed by atoms with Crippen LogP contribution in [0.4, 0.5) is 0 Å². The van der Waals surface area contributed by atoms with Gasteiger partial charge in [0.2, 0.25) is 0 Å². The van der Waals surface area contributed by atoms with Crippen molar-refractivity contribution in [1.29, 1.82) is 5.26 Å². The Morgan fingerprint density at radius 1 is 1.21 bits per heavy atom. The molecular weight excluding hydrogens is 386 g/mol. The highest BCUT2D eigenvalue weighted by atomic mass is 79.9. The summed E-state index contributed by atoms with van der Waals surface area (Å²) in [5, 5.41) is 19.0. The molecule has 7 heteroatoms. The van der Waals surface area contributed by atoms with E-state index in [4.69, 9.17) is 5.26 Å². The third kappa shape index (κ3) is 3.55. The monoisotopic (exact) mass is 397 g/mol. The SMILES string of the molecule is C=CCn1c(Sc2cccc(C#N)n2)nnc1-c1ccc(Br)cc1. The van der Waals surface area contributed by atoms with E-state index in [1.165, 1.54) is 11.8 Å². The van der Waals surface area contributed by atoms with Crippen molar-refractivity contribution in [1.82, 2.24) is 19.7 Å². The predicted octanol–water partition coefficient (Wildman–Crippen LogP) is 4.31. The third-order valence-electron chi connectivity index (χ3n) is 3.16. The van der Waals surface area contributed by atoms with E-state index in [-0.39, 0.29) is 0 Å². The summed E-state index contributed by atoms with van der Waals surface area (Å²) in [6.45, 7) is 4.39. The van der Waals surface area contributed by atoms with Crippen LogP contribution in [0.1, 0.15) is 5.69 Å². The van der Waals surface area contributed by atoms with Crippen LogP contribution in [0.15, 0.2) is 69.8 Å². The van der Waals surface area contributed by atoms with E-state index >= 15 is 0 Å². The van der Waals surface area contributed by atoms with E-state index in [1.54, 1.807) is 18.2 Å². The Labute approximate surface area is 152 Å². The summed E-state index contributed by atoms with van der Waals surface area (Å²) >= 11 is 4.80. The average molecular weight is 398 g/mol. The summed E-state index contributed by atoms with van der Waals surface area (Å²) in [7, 11) is 0. The van der Waals surface area contributed by atoms with Gasteiger partial charge in [0.1, 0.15) is 16.8 Å². The van der Waals surface area contributed by atoms with Crippen molar-refractivity contribution in [3.63, 3.8) is 0 Å². The summed E-state index contributed by atoms with van der Waals surface area (Å²) in [5.74, 6) is 0.765. The second-order valence-corrected chi connectivity index (χ2v) is 6.69. The number of pyridine rings is 1. The van der Waals surface area contributed by atoms with Gasteiger partial charge in [-0.05, 0) is 36.0 Å². The molecule has 0 aliphatic heterocycles. The van der Waals surface area contributed by atoms with Crippen LogP contribution < -0.4 is 0 Å². The molecule has 0 fully saturated rings. The standard InChI is InChI=1S/C17H12BrN5S/c1-2-10-23-16(12-6-8-13(18)9-7-12)21-22-17(23)24-15-5-3-4-14(11-19)20-15/h2-9H,1,10H2. The maximum atomic E-state index is 8.97. The molecule has 3 rings (SSSR count). The molecule has 0 spiro atoms. The van der Waals surface area contributed by atoms with Crippen LogP contribution in [0.25, 0.3) is 11.4 Å². The van der Waals surface area contributed by atoms with Gasteiger partial charge in [0.15, 0.2) is 11.0 Å². The number of nitrogens with zero attached hydrogens (tertiary/aromatic N) is 5. The van der Waals surface area contributed by atoms with Crippen LogP contribution in [0, 0.1) is 11.3 Å². The quantitative estimate of drug-likeness (QED) is 0.599. The van der Waals surface area contributed by atoms with Crippen LogP contribution in [-0.4, -0.2) is 19.7 Å². The van der Waals surface area contributed by atoms with Gasteiger partial charge < -0.3 is 0 Å². The molecule has 0 unspecified atom stereocenters. The molecule has 2 heterocycles. The molecule has 0 radical (unpaired) electrons. The van der Waals surface area contributed by atoms with Crippen molar-refractivity contribution in [2.45, 2.75) is 16.7 Å². The minimum Gasteiger partial charge on any atom is -0.298 e. The highest BCUT2D eigenvalue weighted by molar-refractivity contribution is 9.10. The zero-order valence-corrected chi connectivity index (χ0v) is 15.0. The van der Waals surface area contributed by atoms with E-state index in [0.29, 0.717) is 22.4 Å². The normalized spacial score (nSPS) is 10.3. The van der Waals surface area contributed by atoms with Crippen molar-refractivity contribution in [2.24, 2.45) is 0 Å². The van der Waals surface area contributed by atoms with Gasteiger partial charge in [-0.1, -0.05) is 40.2 Å². The molecule has 2 aromatic heterocycles. The molecule has 0 saturated carbocycles. The van der Waals surface area contributed by atoms with E-state index in [0.717, 1.165) is 15.9 Å². The molecule has 5 nitrogen and oxygen atoms in total. The number of nitriles is 1. The molecule has 0 saturated heterocycles. The van der Waals surface area contributed by atoms with Crippen LogP contribution >= 0.6 is 27.7 Å². The fraction of sp³-hybridized carbons (Fsp3) is 0.0588. The molecule has 0 aliphatic carbocycles. The number of rotatable bonds is 5. The number of hydrogen-bond acceptors (Lipinski definition) is 5. The van der Waals surface area contributed by atoms with Gasteiger partial charge in [0.05, 0.1) is 0 Å². The molecular formula is C17H12BrN5S. The van der Waals surface area contributed by atoms with Gasteiger partial charge in [-0.15, -0.1) is 16.8 Å². The van der Waals surface area contributed by atoms with Gasteiger partial charge in [-0.25, -0.2) is 4.98 Å². The molecule has 0 bridgehead atoms. The van der Waals surface area contributed by atoms with Crippen LogP contribution in [0.5, 0.6) is 0 Å². The first-order valence-corrected chi connectivity index (χ1v) is 8.67. The summed E-state index contributed by atoms with van der Waals surface area (Å²) in [5.41, 5.74) is 1.35. The lowest BCUT2D eigenvalue weighted by Crippen LogP contribution is -2.00. The molecule has 24 heavy (non-hydrogen) atoms. The van der Waals surface area contributed by atoms with Crippen LogP contribution in [0.3, 0.4) is 0 Å². The lowest BCUT2D eigenvalue weighted by molar-refractivity contribution is 0.730. The summed E-state index contributed by atoms with van der Waals surface area (Å²) in [6, 6.07) is 15.3. The number of benzene rings is 1. The largest absolute Gasteiger partial charge is 0.298 e. The summed E-state index contributed by atoms with van der Waals surface area (Å²) in [4.78, 5) is 4.27. The van der Waals surface area contributed by atoms with E-state index in [1.807, 2.05) is 41.0 Å². The van der Waals surface area contributed by atoms with E-state index < -0.39 is 0 Å². The first-order valence-electron chi connectivity index (χ1n) is 7.06. The highest BCUT2D eigenvalue weighted by Crippen LogP contribution is 2.29. The second-order valence-electron chi connectivity index (χ2n) is 4.79. The molecule has 0 N–H and O–H groups in total. The van der Waals surface area contributed by atoms with Crippen LogP contribution in [0.2, 0.25) is 0 Å². The maximum absolute atomic E-state index is 8.97. The maximum Gasteiger partial charge on any atom is 0.198 e. The number of aromatic nitrogens is 4. The first kappa shape index (κ1) is 16.4. The molecule has 0 amide bonds. The lowest BCUT2D eigenvalue weighted by atomic mass is 10.2. The van der Waals surface area contributed by atoms with E-state index in [9.17, 15) is 0 Å². The zero-order chi connectivity index (χ0) is 16.9. The third-order valence-corrected chi connectivity index (χ3v) is 4.61. The topological polar surface area (TPSA) is 67.4 Å². The fourth-order valence-electron chi connectivity index (χ4n) is 2.10. The zero-order valence-electron chi connectivity index (χ0n) is 12.6. The van der Waals surface area contributed by atoms with Gasteiger partial charge in [0, 0.05) is 16.6 Å². The first-order chi connectivity index (χ1) is 11.7. The fourth-order valence-corrected chi connectivity index (χ4v) is 3.19. The summed E-state index contributed by atoms with van der Waals surface area (Å²) in [6.07, 6.45) is 1.80. The van der Waals surface area contributed by atoms with Crippen LogP contribution in [-0.2, 0) is 6.54 Å². The number of hydrogen-bond donors (Lipinski definition) is 0. The molecule has 118 valence electrons. The molecule has 1 aromatic carbocycles. The lowest BCUT2D eigenvalue weighted by Gasteiger charge is -2.07. The average Bonchev–Trinajstić information content (AvgIpc) is 2.99. The Hall–Kier alpha value is -2.43. The molecule has 3 aromatic rings. The highest BCUT2D eigenvalue weighted by Gasteiger charge is 2.15. The van der Waals surface area contributed by atoms with Crippen molar-refractivity contribution in [3.05, 3.63) is 65.3 Å².